The van der Waals surface area contributed by atoms with Crippen LogP contribution in [0.1, 0.15) is 123 Å². The number of morpholine rings is 1. The minimum absolute atomic E-state index is 0.0448. The first kappa shape index (κ1) is 46.2. The van der Waals surface area contributed by atoms with Crippen molar-refractivity contribution >= 4 is 51.6 Å². The lowest BCUT2D eigenvalue weighted by Crippen LogP contribution is -2.46. The second kappa shape index (κ2) is 23.8. The SMILES string of the molecule is CC.CC.CCCC(CCC)C1=C(c2ccc3nc(-c4sc(C)nc4C)ccc3c2)N(CC(=O)N2CCOCC2)C2C=C(C(=O)OC)SC12.CCCCCC. The Kier molecular flexibility index (Phi) is 20.0. The summed E-state index contributed by atoms with van der Waals surface area (Å²) in [6, 6.07) is 10.6. The van der Waals surface area contributed by atoms with Crippen LogP contribution in [0.25, 0.3) is 27.2 Å². The highest BCUT2D eigenvalue weighted by Gasteiger charge is 2.48. The van der Waals surface area contributed by atoms with Crippen LogP contribution in [0.4, 0.5) is 0 Å². The van der Waals surface area contributed by atoms with E-state index in [2.05, 4.69) is 67.9 Å². The summed E-state index contributed by atoms with van der Waals surface area (Å²) < 4.78 is 10.7. The van der Waals surface area contributed by atoms with Gasteiger partial charge in [0, 0.05) is 24.2 Å². The number of aromatic nitrogens is 2. The molecule has 3 aliphatic rings. The molecule has 3 aliphatic heterocycles. The van der Waals surface area contributed by atoms with Gasteiger partial charge in [-0.3, -0.25) is 4.79 Å². The smallest absolute Gasteiger partial charge is 0.344 e. The zero-order valence-corrected chi connectivity index (χ0v) is 37.3. The van der Waals surface area contributed by atoms with E-state index in [9.17, 15) is 9.59 Å². The predicted octanol–water partition coefficient (Wildman–Crippen LogP) is 11.3. The number of thiazole rings is 1. The third-order valence-electron chi connectivity index (χ3n) is 9.94. The molecule has 10 heteroatoms. The van der Waals surface area contributed by atoms with Crippen molar-refractivity contribution in [3.05, 3.63) is 63.2 Å². The minimum atomic E-state index is -0.309. The molecule has 5 heterocycles. The van der Waals surface area contributed by atoms with E-state index < -0.39 is 0 Å². The van der Waals surface area contributed by atoms with Crippen molar-refractivity contribution in [1.29, 1.82) is 0 Å². The normalized spacial score (nSPS) is 17.5. The van der Waals surface area contributed by atoms with E-state index in [0.29, 0.717) is 37.1 Å². The summed E-state index contributed by atoms with van der Waals surface area (Å²) in [7, 11) is 1.43. The summed E-state index contributed by atoms with van der Waals surface area (Å²) in [5.74, 6) is 0.124. The number of hydrogen-bond donors (Lipinski definition) is 0. The van der Waals surface area contributed by atoms with Crippen LogP contribution >= 0.6 is 23.1 Å². The minimum Gasteiger partial charge on any atom is -0.465 e. The third-order valence-corrected chi connectivity index (χ3v) is 12.4. The van der Waals surface area contributed by atoms with Crippen molar-refractivity contribution in [2.75, 3.05) is 40.0 Å². The second-order valence-corrected chi connectivity index (χ2v) is 16.1. The standard InChI is InChI=1S/C35H42N4O4S2.C6H14.2C2H6/c1-6-8-23(9-7-2)31-32(25-11-12-26-24(18-25)10-13-27(37-26)33-21(3)36-22(4)44-33)39(20-30(40)38-14-16-43-17-15-38)28-19-29(35(41)42-5)45-34(28)31;1-3-5-6-4-2;2*1-2/h10-13,18-19,23,28,34H,6-9,14-17,20H2,1-5H3;3-6H2,1-2H3;2*1-2H3. The van der Waals surface area contributed by atoms with Gasteiger partial charge in [0.2, 0.25) is 5.91 Å². The molecule has 8 nitrogen and oxygen atoms in total. The van der Waals surface area contributed by atoms with Crippen LogP contribution in [-0.2, 0) is 19.1 Å². The molecule has 1 saturated heterocycles. The van der Waals surface area contributed by atoms with Crippen LogP contribution < -0.4 is 0 Å². The fourth-order valence-electron chi connectivity index (χ4n) is 7.48. The van der Waals surface area contributed by atoms with E-state index in [1.54, 1.807) is 23.1 Å². The van der Waals surface area contributed by atoms with Crippen LogP contribution in [0, 0.1) is 19.8 Å². The largest absolute Gasteiger partial charge is 0.465 e. The summed E-state index contributed by atoms with van der Waals surface area (Å²) in [6.07, 6.45) is 11.8. The van der Waals surface area contributed by atoms with Gasteiger partial charge in [0.15, 0.2) is 0 Å². The Hall–Kier alpha value is -3.21. The molecule has 304 valence electrons. The van der Waals surface area contributed by atoms with Gasteiger partial charge in [0.1, 0.15) is 0 Å². The Balaban J connectivity index is 0.000000732. The van der Waals surface area contributed by atoms with E-state index in [1.807, 2.05) is 52.5 Å². The molecule has 2 aromatic heterocycles. The van der Waals surface area contributed by atoms with Crippen molar-refractivity contribution in [3.63, 3.8) is 0 Å². The summed E-state index contributed by atoms with van der Waals surface area (Å²) in [5.41, 5.74) is 6.44. The number of amides is 1. The zero-order chi connectivity index (χ0) is 40.5. The molecule has 3 aromatic rings. The number of methoxy groups -OCH3 is 1. The fraction of sp³-hybridized carbons (Fsp3) is 0.600. The van der Waals surface area contributed by atoms with E-state index in [4.69, 9.17) is 14.5 Å². The number of carbonyl (C=O) groups is 2. The Labute approximate surface area is 340 Å². The summed E-state index contributed by atoms with van der Waals surface area (Å²) in [5, 5.41) is 2.14. The van der Waals surface area contributed by atoms with Gasteiger partial charge in [0.25, 0.3) is 0 Å². The lowest BCUT2D eigenvalue weighted by Gasteiger charge is -2.32. The van der Waals surface area contributed by atoms with Gasteiger partial charge < -0.3 is 19.3 Å². The molecule has 6 rings (SSSR count). The Morgan fingerprint density at radius 3 is 2.13 bits per heavy atom. The highest BCUT2D eigenvalue weighted by molar-refractivity contribution is 8.05. The number of benzene rings is 1. The monoisotopic (exact) mass is 792 g/mol. The van der Waals surface area contributed by atoms with Gasteiger partial charge in [-0.2, -0.15) is 0 Å². The van der Waals surface area contributed by atoms with Crippen molar-refractivity contribution < 1.29 is 19.1 Å². The van der Waals surface area contributed by atoms with Gasteiger partial charge in [-0.15, -0.1) is 23.1 Å². The molecule has 0 saturated carbocycles. The maximum Gasteiger partial charge on any atom is 0.344 e. The number of aryl methyl sites for hydroxylation is 2. The first-order valence-electron chi connectivity index (χ1n) is 20.9. The molecule has 0 bridgehead atoms. The Morgan fingerprint density at radius 2 is 1.56 bits per heavy atom. The molecule has 1 aromatic carbocycles. The van der Waals surface area contributed by atoms with Crippen LogP contribution in [0.5, 0.6) is 0 Å². The van der Waals surface area contributed by atoms with Crippen LogP contribution in [0.2, 0.25) is 0 Å². The summed E-state index contributed by atoms with van der Waals surface area (Å²) in [6.45, 7) is 23.6. The molecular formula is C45H68N4O4S2. The molecule has 1 amide bonds. The topological polar surface area (TPSA) is 84.9 Å². The molecule has 0 aliphatic carbocycles. The number of esters is 1. The number of thioether (sulfide) groups is 1. The highest BCUT2D eigenvalue weighted by Crippen LogP contribution is 2.53. The predicted molar refractivity (Wildman–Crippen MR) is 234 cm³/mol. The van der Waals surface area contributed by atoms with Crippen LogP contribution in [0.3, 0.4) is 0 Å². The van der Waals surface area contributed by atoms with Crippen LogP contribution in [-0.4, -0.2) is 82.9 Å². The van der Waals surface area contributed by atoms with Gasteiger partial charge in [-0.05, 0) is 68.0 Å². The molecule has 1 fully saturated rings. The van der Waals surface area contributed by atoms with Gasteiger partial charge in [0.05, 0.1) is 69.9 Å². The van der Waals surface area contributed by atoms with E-state index in [-0.39, 0.29) is 29.7 Å². The van der Waals surface area contributed by atoms with E-state index in [1.165, 1.54) is 38.4 Å². The lowest BCUT2D eigenvalue weighted by atomic mass is 9.85. The number of hydrogen-bond acceptors (Lipinski definition) is 9. The molecule has 0 radical (unpaired) electrons. The van der Waals surface area contributed by atoms with Crippen LogP contribution in [0.15, 0.2) is 46.9 Å². The first-order valence-corrected chi connectivity index (χ1v) is 22.6. The first-order chi connectivity index (χ1) is 26.7. The molecule has 55 heavy (non-hydrogen) atoms. The average molecular weight is 793 g/mol. The van der Waals surface area contributed by atoms with Crippen molar-refractivity contribution in [1.82, 2.24) is 19.8 Å². The molecule has 2 atom stereocenters. The number of carbonyl (C=O) groups excluding carboxylic acids is 2. The quantitative estimate of drug-likeness (QED) is 0.125. The Morgan fingerprint density at radius 1 is 0.909 bits per heavy atom. The number of ether oxygens (including phenoxy) is 2. The lowest BCUT2D eigenvalue weighted by molar-refractivity contribution is -0.136. The van der Waals surface area contributed by atoms with E-state index in [0.717, 1.165) is 69.1 Å². The molecule has 0 spiro atoms. The van der Waals surface area contributed by atoms with Gasteiger partial charge >= 0.3 is 5.97 Å². The number of nitrogens with zero attached hydrogens (tertiary/aromatic N) is 4. The second-order valence-electron chi connectivity index (χ2n) is 13.7. The average Bonchev–Trinajstić information content (AvgIpc) is 3.89. The Bertz CT molecular complexity index is 1720. The highest BCUT2D eigenvalue weighted by atomic mass is 32.2. The number of fused-ring (bicyclic) bond motifs is 2. The molecular weight excluding hydrogens is 725 g/mol. The van der Waals surface area contributed by atoms with Gasteiger partial charge in [-0.25, -0.2) is 14.8 Å². The number of pyridine rings is 1. The van der Waals surface area contributed by atoms with Crippen molar-refractivity contribution in [2.45, 2.75) is 132 Å². The van der Waals surface area contributed by atoms with Gasteiger partial charge in [-0.1, -0.05) is 106 Å². The summed E-state index contributed by atoms with van der Waals surface area (Å²) in [4.78, 5) is 42.1. The maximum absolute atomic E-state index is 13.8. The fourth-order valence-corrected chi connectivity index (χ4v) is 9.83. The van der Waals surface area contributed by atoms with Crippen molar-refractivity contribution in [3.8, 4) is 10.6 Å². The number of rotatable bonds is 13. The van der Waals surface area contributed by atoms with Crippen molar-refractivity contribution in [2.24, 2.45) is 5.92 Å². The maximum atomic E-state index is 13.8. The third kappa shape index (κ3) is 11.7. The number of unbranched alkanes of at least 4 members (excludes halogenated alkanes) is 3. The molecule has 0 N–H and O–H groups in total. The molecule has 2 unspecified atom stereocenters. The summed E-state index contributed by atoms with van der Waals surface area (Å²) >= 11 is 3.27. The zero-order valence-electron chi connectivity index (χ0n) is 35.6. The van der Waals surface area contributed by atoms with E-state index >= 15 is 0 Å².